The van der Waals surface area contributed by atoms with Crippen molar-refractivity contribution >= 4 is 0 Å². The fourth-order valence-corrected chi connectivity index (χ4v) is 3.14. The maximum atomic E-state index is 13.4. The Morgan fingerprint density at radius 2 is 1.90 bits per heavy atom. The number of rotatable bonds is 5. The highest BCUT2D eigenvalue weighted by molar-refractivity contribution is 5.28. The van der Waals surface area contributed by atoms with Crippen LogP contribution >= 0.6 is 0 Å². The van der Waals surface area contributed by atoms with Crippen LogP contribution in [-0.2, 0) is 6.54 Å². The molecule has 1 aliphatic heterocycles. The van der Waals surface area contributed by atoms with Crippen LogP contribution in [0.2, 0.25) is 0 Å². The van der Waals surface area contributed by atoms with E-state index in [1.807, 2.05) is 0 Å². The summed E-state index contributed by atoms with van der Waals surface area (Å²) < 4.78 is 13.4. The minimum atomic E-state index is -0.349. The average Bonchev–Trinajstić information content (AvgIpc) is 3.22. The molecule has 0 bridgehead atoms. The van der Waals surface area contributed by atoms with Crippen LogP contribution in [0.5, 0.6) is 5.75 Å². The Hall–Kier alpha value is -1.13. The highest BCUT2D eigenvalue weighted by atomic mass is 19.1. The number of piperidine rings is 1. The molecule has 110 valence electrons. The molecule has 2 fully saturated rings. The van der Waals surface area contributed by atoms with Crippen molar-refractivity contribution in [1.29, 1.82) is 0 Å². The van der Waals surface area contributed by atoms with Crippen molar-refractivity contribution in [2.75, 3.05) is 19.6 Å². The molecule has 1 aromatic rings. The number of hydrogen-bond donors (Lipinski definition) is 2. The third kappa shape index (κ3) is 3.70. The Labute approximate surface area is 119 Å². The van der Waals surface area contributed by atoms with E-state index in [-0.39, 0.29) is 11.6 Å². The van der Waals surface area contributed by atoms with Crippen LogP contribution in [0.4, 0.5) is 4.39 Å². The summed E-state index contributed by atoms with van der Waals surface area (Å²) in [5.41, 5.74) is 0.878. The number of nitrogens with zero attached hydrogens (tertiary/aromatic N) is 1. The molecule has 0 spiro atoms. The van der Waals surface area contributed by atoms with E-state index in [1.54, 1.807) is 6.07 Å². The highest BCUT2D eigenvalue weighted by Gasteiger charge is 2.31. The average molecular weight is 278 g/mol. The molecule has 0 unspecified atom stereocenters. The number of halogens is 1. The first-order valence-electron chi connectivity index (χ1n) is 7.64. The van der Waals surface area contributed by atoms with Gasteiger partial charge in [0, 0.05) is 25.2 Å². The summed E-state index contributed by atoms with van der Waals surface area (Å²) in [7, 11) is 0. The quantitative estimate of drug-likeness (QED) is 0.868. The van der Waals surface area contributed by atoms with Crippen LogP contribution in [0.1, 0.15) is 31.2 Å². The maximum Gasteiger partial charge on any atom is 0.127 e. The standard InChI is InChI=1S/C16H23FN2O/c17-14-7-13(8-16(20)9-14)11-19(15-1-2-15)10-12-3-5-18-6-4-12/h7-9,12,15,18,20H,1-6,10-11H2. The number of hydrogen-bond acceptors (Lipinski definition) is 3. The van der Waals surface area contributed by atoms with Crippen molar-refractivity contribution in [3.63, 3.8) is 0 Å². The molecule has 1 saturated carbocycles. The zero-order valence-electron chi connectivity index (χ0n) is 11.8. The summed E-state index contributed by atoms with van der Waals surface area (Å²) in [6.45, 7) is 4.08. The first kappa shape index (κ1) is 13.8. The van der Waals surface area contributed by atoms with E-state index in [0.717, 1.165) is 43.7 Å². The summed E-state index contributed by atoms with van der Waals surface area (Å²) in [6, 6.07) is 5.05. The Kier molecular flexibility index (Phi) is 4.22. The molecule has 3 nitrogen and oxygen atoms in total. The molecular formula is C16H23FN2O. The minimum Gasteiger partial charge on any atom is -0.508 e. The van der Waals surface area contributed by atoms with Gasteiger partial charge in [0.1, 0.15) is 11.6 Å². The van der Waals surface area contributed by atoms with Gasteiger partial charge in [0.05, 0.1) is 0 Å². The van der Waals surface area contributed by atoms with Gasteiger partial charge in [-0.15, -0.1) is 0 Å². The molecule has 2 N–H and O–H groups in total. The molecule has 1 saturated heterocycles. The number of nitrogens with one attached hydrogen (secondary N) is 1. The maximum absolute atomic E-state index is 13.4. The van der Waals surface area contributed by atoms with Crippen LogP contribution in [0.25, 0.3) is 0 Å². The third-order valence-electron chi connectivity index (χ3n) is 4.34. The van der Waals surface area contributed by atoms with Gasteiger partial charge in [-0.3, -0.25) is 4.90 Å². The van der Waals surface area contributed by atoms with Crippen LogP contribution in [0, 0.1) is 11.7 Å². The second kappa shape index (κ2) is 6.10. The smallest absolute Gasteiger partial charge is 0.127 e. The van der Waals surface area contributed by atoms with Gasteiger partial charge in [-0.1, -0.05) is 0 Å². The molecule has 2 aliphatic rings. The molecule has 0 aromatic heterocycles. The van der Waals surface area contributed by atoms with Gasteiger partial charge >= 0.3 is 0 Å². The van der Waals surface area contributed by atoms with Crippen LogP contribution in [0.3, 0.4) is 0 Å². The predicted octanol–water partition coefficient (Wildman–Crippen LogP) is 2.50. The van der Waals surface area contributed by atoms with E-state index in [0.29, 0.717) is 6.04 Å². The number of benzene rings is 1. The van der Waals surface area contributed by atoms with Crippen LogP contribution in [-0.4, -0.2) is 35.7 Å². The Morgan fingerprint density at radius 1 is 1.15 bits per heavy atom. The summed E-state index contributed by atoms with van der Waals surface area (Å²) in [6.07, 6.45) is 4.98. The Balaban J connectivity index is 1.64. The van der Waals surface area contributed by atoms with E-state index in [2.05, 4.69) is 10.2 Å². The molecule has 3 rings (SSSR count). The zero-order valence-corrected chi connectivity index (χ0v) is 11.8. The zero-order chi connectivity index (χ0) is 13.9. The fraction of sp³-hybridized carbons (Fsp3) is 0.625. The molecule has 4 heteroatoms. The molecule has 1 aliphatic carbocycles. The Bertz CT molecular complexity index is 436. The highest BCUT2D eigenvalue weighted by Crippen LogP contribution is 2.31. The molecule has 1 heterocycles. The molecule has 0 radical (unpaired) electrons. The summed E-state index contributed by atoms with van der Waals surface area (Å²) in [4.78, 5) is 2.48. The first-order chi connectivity index (χ1) is 9.70. The molecule has 0 atom stereocenters. The molecule has 0 amide bonds. The van der Waals surface area contributed by atoms with Crippen molar-refractivity contribution in [3.8, 4) is 5.75 Å². The van der Waals surface area contributed by atoms with Gasteiger partial charge in [-0.25, -0.2) is 4.39 Å². The topological polar surface area (TPSA) is 35.5 Å². The lowest BCUT2D eigenvalue weighted by Crippen LogP contribution is -2.37. The second-order valence-corrected chi connectivity index (χ2v) is 6.17. The van der Waals surface area contributed by atoms with Gasteiger partial charge in [0.25, 0.3) is 0 Å². The van der Waals surface area contributed by atoms with Gasteiger partial charge in [-0.2, -0.15) is 0 Å². The third-order valence-corrected chi connectivity index (χ3v) is 4.34. The number of aromatic hydroxyl groups is 1. The number of phenols is 1. The lowest BCUT2D eigenvalue weighted by Gasteiger charge is -2.30. The lowest BCUT2D eigenvalue weighted by atomic mass is 9.97. The van der Waals surface area contributed by atoms with E-state index >= 15 is 0 Å². The minimum absolute atomic E-state index is 0.0256. The molecule has 1 aromatic carbocycles. The van der Waals surface area contributed by atoms with Crippen molar-refractivity contribution in [2.24, 2.45) is 5.92 Å². The lowest BCUT2D eigenvalue weighted by molar-refractivity contribution is 0.190. The van der Waals surface area contributed by atoms with Gasteiger partial charge in [0.2, 0.25) is 0 Å². The monoisotopic (exact) mass is 278 g/mol. The van der Waals surface area contributed by atoms with E-state index in [4.69, 9.17) is 0 Å². The normalized spacial score (nSPS) is 20.5. The molecule has 20 heavy (non-hydrogen) atoms. The van der Waals surface area contributed by atoms with Crippen molar-refractivity contribution in [3.05, 3.63) is 29.6 Å². The van der Waals surface area contributed by atoms with Crippen molar-refractivity contribution in [1.82, 2.24) is 10.2 Å². The van der Waals surface area contributed by atoms with E-state index in [1.165, 1.54) is 31.7 Å². The van der Waals surface area contributed by atoms with Crippen LogP contribution in [0.15, 0.2) is 18.2 Å². The SMILES string of the molecule is Oc1cc(F)cc(CN(CC2CCNCC2)C2CC2)c1. The van der Waals surface area contributed by atoms with Gasteiger partial charge in [-0.05, 0) is 62.4 Å². The molecular weight excluding hydrogens is 255 g/mol. The second-order valence-electron chi connectivity index (χ2n) is 6.17. The van der Waals surface area contributed by atoms with Gasteiger partial charge in [0.15, 0.2) is 0 Å². The fourth-order valence-electron chi connectivity index (χ4n) is 3.14. The Morgan fingerprint density at radius 3 is 2.55 bits per heavy atom. The van der Waals surface area contributed by atoms with Crippen LogP contribution < -0.4 is 5.32 Å². The number of phenolic OH excluding ortho intramolecular Hbond substituents is 1. The van der Waals surface area contributed by atoms with E-state index in [9.17, 15) is 9.50 Å². The largest absolute Gasteiger partial charge is 0.508 e. The van der Waals surface area contributed by atoms with Gasteiger partial charge < -0.3 is 10.4 Å². The van der Waals surface area contributed by atoms with E-state index < -0.39 is 0 Å². The first-order valence-corrected chi connectivity index (χ1v) is 7.64. The van der Waals surface area contributed by atoms with Crippen molar-refractivity contribution < 1.29 is 9.50 Å². The summed E-state index contributed by atoms with van der Waals surface area (Å²) in [5.74, 6) is 0.425. The van der Waals surface area contributed by atoms with Crippen molar-refractivity contribution in [2.45, 2.75) is 38.3 Å². The summed E-state index contributed by atoms with van der Waals surface area (Å²) >= 11 is 0. The summed E-state index contributed by atoms with van der Waals surface area (Å²) in [5, 5.41) is 12.9. The predicted molar refractivity (Wildman–Crippen MR) is 77.1 cm³/mol.